The van der Waals surface area contributed by atoms with Crippen LogP contribution in [0.4, 0.5) is 0 Å². The fourth-order valence-electron chi connectivity index (χ4n) is 3.93. The number of rotatable bonds is 16. The van der Waals surface area contributed by atoms with Crippen LogP contribution in [0, 0.1) is 0 Å². The number of hydrogen-bond donors (Lipinski definition) is 2. The molecule has 0 atom stereocenters. The monoisotopic (exact) mass is 388 g/mol. The molecule has 1 aliphatic rings. The number of carbonyl (C=O) groups is 1. The van der Waals surface area contributed by atoms with Gasteiger partial charge in [-0.2, -0.15) is 0 Å². The van der Waals surface area contributed by atoms with E-state index >= 15 is 0 Å². The van der Waals surface area contributed by atoms with Gasteiger partial charge >= 0.3 is 0 Å². The average Bonchev–Trinajstić information content (AvgIpc) is 3.06. The normalized spacial score (nSPS) is 15.6. The van der Waals surface area contributed by atoms with Gasteiger partial charge in [0.25, 0.3) is 0 Å². The van der Waals surface area contributed by atoms with Crippen LogP contribution in [0.1, 0.15) is 122 Å². The van der Waals surface area contributed by atoms with Gasteiger partial charge in [0.2, 0.25) is 5.91 Å². The third-order valence-corrected chi connectivity index (χ3v) is 5.76. The van der Waals surface area contributed by atoms with Crippen LogP contribution in [0.25, 0.3) is 0 Å². The number of hydrogen-bond acceptors (Lipinski definition) is 2. The molecule has 1 aliphatic carbocycles. The van der Waals surface area contributed by atoms with Crippen LogP contribution in [-0.4, -0.2) is 18.0 Å². The van der Waals surface area contributed by atoms with Crippen LogP contribution in [0.15, 0.2) is 0 Å². The lowest BCUT2D eigenvalue weighted by molar-refractivity contribution is -0.126. The quantitative estimate of drug-likeness (QED) is 0.306. The Hall–Kier alpha value is -0.280. The smallest absolute Gasteiger partial charge is 0.240 e. The Bertz CT molecular complexity index is 330. The van der Waals surface area contributed by atoms with E-state index in [1.54, 1.807) is 0 Å². The molecule has 156 valence electrons. The van der Waals surface area contributed by atoms with Crippen molar-refractivity contribution in [3.63, 3.8) is 0 Å². The van der Waals surface area contributed by atoms with E-state index in [0.29, 0.717) is 0 Å². The van der Waals surface area contributed by atoms with Crippen molar-refractivity contribution < 1.29 is 4.79 Å². The van der Waals surface area contributed by atoms with E-state index in [1.165, 1.54) is 83.5 Å². The van der Waals surface area contributed by atoms with E-state index < -0.39 is 5.54 Å². The Morgan fingerprint density at radius 2 is 1.15 bits per heavy atom. The highest BCUT2D eigenvalue weighted by Gasteiger charge is 2.36. The molecule has 4 heteroatoms. The minimum Gasteiger partial charge on any atom is -0.355 e. The highest BCUT2D eigenvalue weighted by Crippen LogP contribution is 2.27. The fraction of sp³-hybridized carbons (Fsp3) is 0.955. The summed E-state index contributed by atoms with van der Waals surface area (Å²) in [6.07, 6.45) is 23.1. The number of unbranched alkanes of at least 4 members (excludes halogenated alkanes) is 13. The van der Waals surface area contributed by atoms with Crippen LogP contribution >= 0.6 is 12.4 Å². The van der Waals surface area contributed by atoms with Gasteiger partial charge in [0.15, 0.2) is 0 Å². The van der Waals surface area contributed by atoms with Crippen LogP contribution in [0.5, 0.6) is 0 Å². The molecule has 1 saturated carbocycles. The second kappa shape index (κ2) is 16.9. The van der Waals surface area contributed by atoms with Crippen molar-refractivity contribution in [3.8, 4) is 0 Å². The Kier molecular flexibility index (Phi) is 16.7. The summed E-state index contributed by atoms with van der Waals surface area (Å²) in [5.74, 6) is 0.0831. The van der Waals surface area contributed by atoms with E-state index in [4.69, 9.17) is 5.73 Å². The first-order valence-corrected chi connectivity index (χ1v) is 11.3. The molecule has 0 bridgehead atoms. The van der Waals surface area contributed by atoms with E-state index in [1.807, 2.05) is 0 Å². The first-order valence-electron chi connectivity index (χ1n) is 11.3. The number of carbonyl (C=O) groups excluding carboxylic acids is 1. The first-order chi connectivity index (χ1) is 12.2. The molecular weight excluding hydrogens is 344 g/mol. The molecule has 1 rings (SSSR count). The van der Waals surface area contributed by atoms with Crippen LogP contribution in [0.2, 0.25) is 0 Å². The minimum absolute atomic E-state index is 0. The third-order valence-electron chi connectivity index (χ3n) is 5.76. The summed E-state index contributed by atoms with van der Waals surface area (Å²) in [5.41, 5.74) is 5.59. The molecule has 0 unspecified atom stereocenters. The summed E-state index contributed by atoms with van der Waals surface area (Å²) < 4.78 is 0. The predicted octanol–water partition coefficient (Wildman–Crippen LogP) is 6.28. The second-order valence-corrected chi connectivity index (χ2v) is 8.22. The van der Waals surface area contributed by atoms with E-state index in [-0.39, 0.29) is 18.3 Å². The van der Waals surface area contributed by atoms with Gasteiger partial charge in [0.1, 0.15) is 0 Å². The Morgan fingerprint density at radius 3 is 1.58 bits per heavy atom. The molecule has 1 amide bonds. The Morgan fingerprint density at radius 1 is 0.769 bits per heavy atom. The summed E-state index contributed by atoms with van der Waals surface area (Å²) >= 11 is 0. The lowest BCUT2D eigenvalue weighted by Crippen LogP contribution is -2.52. The Labute approximate surface area is 169 Å². The van der Waals surface area contributed by atoms with Gasteiger partial charge < -0.3 is 11.1 Å². The average molecular weight is 389 g/mol. The minimum atomic E-state index is -0.560. The van der Waals surface area contributed by atoms with Gasteiger partial charge in [-0.15, -0.1) is 12.4 Å². The van der Waals surface area contributed by atoms with Crippen molar-refractivity contribution in [3.05, 3.63) is 0 Å². The number of nitrogens with two attached hydrogens (primary N) is 1. The van der Waals surface area contributed by atoms with Gasteiger partial charge in [-0.05, 0) is 19.3 Å². The molecule has 26 heavy (non-hydrogen) atoms. The molecule has 3 nitrogen and oxygen atoms in total. The molecule has 0 radical (unpaired) electrons. The zero-order valence-electron chi connectivity index (χ0n) is 17.3. The first kappa shape index (κ1) is 25.7. The molecule has 0 aromatic rings. The van der Waals surface area contributed by atoms with Crippen molar-refractivity contribution in [2.24, 2.45) is 5.73 Å². The lowest BCUT2D eigenvalue weighted by Gasteiger charge is -2.22. The topological polar surface area (TPSA) is 55.1 Å². The second-order valence-electron chi connectivity index (χ2n) is 8.22. The van der Waals surface area contributed by atoms with Crippen molar-refractivity contribution in [1.82, 2.24) is 5.32 Å². The van der Waals surface area contributed by atoms with E-state index in [9.17, 15) is 4.79 Å². The molecule has 0 aliphatic heterocycles. The molecule has 0 heterocycles. The molecule has 0 spiro atoms. The van der Waals surface area contributed by atoms with Crippen molar-refractivity contribution in [1.29, 1.82) is 0 Å². The van der Waals surface area contributed by atoms with Gasteiger partial charge in [-0.1, -0.05) is 103 Å². The largest absolute Gasteiger partial charge is 0.355 e. The summed E-state index contributed by atoms with van der Waals surface area (Å²) in [6, 6.07) is 0. The number of amides is 1. The molecule has 0 saturated heterocycles. The standard InChI is InChI=1S/C22H44N2O.ClH/c1-2-3-4-5-6-7-8-9-10-11-12-13-14-17-20-24-21(25)22(23)18-15-16-19-22;/h2-20,23H2,1H3,(H,24,25);1H. The Balaban J connectivity index is 0.00000625. The summed E-state index contributed by atoms with van der Waals surface area (Å²) in [5, 5.41) is 3.04. The van der Waals surface area contributed by atoms with Gasteiger partial charge in [0, 0.05) is 6.54 Å². The van der Waals surface area contributed by atoms with E-state index in [0.717, 1.165) is 38.6 Å². The SMILES string of the molecule is CCCCCCCCCCCCCCCCNC(=O)C1(N)CCCC1.Cl. The van der Waals surface area contributed by atoms with Gasteiger partial charge in [-0.25, -0.2) is 0 Å². The number of nitrogens with one attached hydrogen (secondary N) is 1. The van der Waals surface area contributed by atoms with Crippen molar-refractivity contribution in [2.75, 3.05) is 6.54 Å². The molecular formula is C22H45ClN2O. The predicted molar refractivity (Wildman–Crippen MR) is 116 cm³/mol. The fourth-order valence-corrected chi connectivity index (χ4v) is 3.93. The number of halogens is 1. The highest BCUT2D eigenvalue weighted by molar-refractivity contribution is 5.86. The maximum atomic E-state index is 12.1. The van der Waals surface area contributed by atoms with Crippen LogP contribution < -0.4 is 11.1 Å². The molecule has 3 N–H and O–H groups in total. The summed E-state index contributed by atoms with van der Waals surface area (Å²) in [6.45, 7) is 3.08. The van der Waals surface area contributed by atoms with Crippen molar-refractivity contribution in [2.45, 2.75) is 128 Å². The van der Waals surface area contributed by atoms with E-state index in [2.05, 4.69) is 12.2 Å². The summed E-state index contributed by atoms with van der Waals surface area (Å²) in [7, 11) is 0. The molecule has 1 fully saturated rings. The summed E-state index contributed by atoms with van der Waals surface area (Å²) in [4.78, 5) is 12.1. The zero-order valence-corrected chi connectivity index (χ0v) is 18.1. The maximum absolute atomic E-state index is 12.1. The van der Waals surface area contributed by atoms with Crippen LogP contribution in [0.3, 0.4) is 0 Å². The third kappa shape index (κ3) is 12.2. The molecule has 0 aromatic heterocycles. The highest BCUT2D eigenvalue weighted by atomic mass is 35.5. The maximum Gasteiger partial charge on any atom is 0.240 e. The molecule has 0 aromatic carbocycles. The van der Waals surface area contributed by atoms with Gasteiger partial charge in [0.05, 0.1) is 5.54 Å². The lowest BCUT2D eigenvalue weighted by atomic mass is 9.98. The van der Waals surface area contributed by atoms with Gasteiger partial charge in [-0.3, -0.25) is 4.79 Å². The van der Waals surface area contributed by atoms with Crippen molar-refractivity contribution >= 4 is 18.3 Å². The van der Waals surface area contributed by atoms with Crippen LogP contribution in [-0.2, 0) is 4.79 Å². The zero-order chi connectivity index (χ0) is 18.2.